The molecule has 1 aliphatic heterocycles. The van der Waals surface area contributed by atoms with E-state index in [2.05, 4.69) is 15.6 Å². The fourth-order valence-corrected chi connectivity index (χ4v) is 3.83. The molecule has 0 spiro atoms. The summed E-state index contributed by atoms with van der Waals surface area (Å²) in [6, 6.07) is 16.5. The molecule has 0 unspecified atom stereocenters. The number of para-hydroxylation sites is 1. The number of carbonyl (C=O) groups is 3. The number of nitrogens with one attached hydrogen (secondary N) is 2. The molecular weight excluding hydrogens is 472 g/mol. The number of benzene rings is 2. The van der Waals surface area contributed by atoms with Crippen molar-refractivity contribution in [2.24, 2.45) is 0 Å². The van der Waals surface area contributed by atoms with Crippen molar-refractivity contribution < 1.29 is 28.6 Å². The van der Waals surface area contributed by atoms with Gasteiger partial charge in [-0.2, -0.15) is 5.26 Å². The van der Waals surface area contributed by atoms with Gasteiger partial charge in [-0.05, 0) is 36.4 Å². The highest BCUT2D eigenvalue weighted by Crippen LogP contribution is 2.34. The molecule has 0 fully saturated rings. The van der Waals surface area contributed by atoms with Gasteiger partial charge in [-0.15, -0.1) is 0 Å². The number of hydrogen-bond acceptors (Lipinski definition) is 9. The van der Waals surface area contributed by atoms with E-state index in [0.29, 0.717) is 22.9 Å². The monoisotopic (exact) mass is 490 g/mol. The Balaban J connectivity index is 1.31. The number of amides is 2. The number of esters is 1. The van der Waals surface area contributed by atoms with Gasteiger partial charge in [-0.1, -0.05) is 23.9 Å². The lowest BCUT2D eigenvalue weighted by atomic mass is 10.2. The molecule has 2 heterocycles. The molecule has 1 aromatic heterocycles. The molecule has 0 atom stereocenters. The maximum absolute atomic E-state index is 12.6. The van der Waals surface area contributed by atoms with Crippen LogP contribution in [0.3, 0.4) is 0 Å². The summed E-state index contributed by atoms with van der Waals surface area (Å²) in [6.45, 7) is -0.418. The van der Waals surface area contributed by atoms with E-state index in [4.69, 9.17) is 19.5 Å². The van der Waals surface area contributed by atoms with Gasteiger partial charge in [0.25, 0.3) is 5.91 Å². The quantitative estimate of drug-likeness (QED) is 0.360. The lowest BCUT2D eigenvalue weighted by Crippen LogP contribution is -2.22. The predicted octanol–water partition coefficient (Wildman–Crippen LogP) is 3.21. The summed E-state index contributed by atoms with van der Waals surface area (Å²) >= 11 is 1.05. The van der Waals surface area contributed by atoms with Gasteiger partial charge in [0.2, 0.25) is 12.7 Å². The normalized spacial score (nSPS) is 11.3. The van der Waals surface area contributed by atoms with E-state index in [9.17, 15) is 14.4 Å². The van der Waals surface area contributed by atoms with Gasteiger partial charge < -0.3 is 24.8 Å². The molecule has 0 bridgehead atoms. The first-order chi connectivity index (χ1) is 17.0. The molecule has 0 saturated carbocycles. The van der Waals surface area contributed by atoms with Crippen molar-refractivity contribution in [1.29, 1.82) is 5.26 Å². The summed E-state index contributed by atoms with van der Waals surface area (Å²) in [7, 11) is 0. The molecule has 10 nitrogen and oxygen atoms in total. The Morgan fingerprint density at radius 3 is 2.71 bits per heavy atom. The number of aromatic nitrogens is 1. The zero-order chi connectivity index (χ0) is 24.6. The molecule has 1 aliphatic rings. The van der Waals surface area contributed by atoms with E-state index in [0.717, 1.165) is 11.8 Å². The summed E-state index contributed by atoms with van der Waals surface area (Å²) in [5, 5.41) is 14.7. The van der Waals surface area contributed by atoms with E-state index < -0.39 is 18.5 Å². The van der Waals surface area contributed by atoms with Crippen molar-refractivity contribution in [2.45, 2.75) is 5.03 Å². The third kappa shape index (κ3) is 6.07. The highest BCUT2D eigenvalue weighted by Gasteiger charge is 2.18. The number of carbonyl (C=O) groups excluding carboxylic acids is 3. The Labute approximate surface area is 204 Å². The number of fused-ring (bicyclic) bond motifs is 1. The third-order valence-electron chi connectivity index (χ3n) is 4.64. The van der Waals surface area contributed by atoms with Crippen LogP contribution in [0.25, 0.3) is 0 Å². The molecule has 4 rings (SSSR count). The minimum Gasteiger partial charge on any atom is -0.454 e. The Hall–Kier alpha value is -4.56. The summed E-state index contributed by atoms with van der Waals surface area (Å²) < 4.78 is 15.6. The fraction of sp³-hybridized carbons (Fsp3) is 0.125. The number of thioether (sulfide) groups is 1. The number of ether oxygens (including phenoxy) is 3. The second kappa shape index (κ2) is 11.0. The van der Waals surface area contributed by atoms with Crippen molar-refractivity contribution >= 4 is 40.9 Å². The standard InChI is InChI=1S/C24H18N4O6S/c25-11-15-4-1-2-6-18(15)28-21(29)12-32-24(31)17-5-3-9-26-23(17)35-13-22(30)27-16-7-8-19-20(10-16)34-14-33-19/h1-10H,12-14H2,(H,27,30)(H,28,29). The van der Waals surface area contributed by atoms with Gasteiger partial charge in [0, 0.05) is 18.0 Å². The molecular formula is C24H18N4O6S. The first-order valence-corrected chi connectivity index (χ1v) is 11.3. The first kappa shape index (κ1) is 23.6. The lowest BCUT2D eigenvalue weighted by molar-refractivity contribution is -0.119. The van der Waals surface area contributed by atoms with Crippen molar-refractivity contribution in [3.8, 4) is 17.6 Å². The Kier molecular flexibility index (Phi) is 7.44. The summed E-state index contributed by atoms with van der Waals surface area (Å²) in [6.07, 6.45) is 1.49. The van der Waals surface area contributed by atoms with Crippen LogP contribution >= 0.6 is 11.8 Å². The average Bonchev–Trinajstić information content (AvgIpc) is 3.34. The summed E-state index contributed by atoms with van der Waals surface area (Å²) in [4.78, 5) is 41.3. The minimum absolute atomic E-state index is 0.0167. The van der Waals surface area contributed by atoms with Crippen LogP contribution in [0.15, 0.2) is 65.8 Å². The largest absolute Gasteiger partial charge is 0.454 e. The predicted molar refractivity (Wildman–Crippen MR) is 126 cm³/mol. The molecule has 35 heavy (non-hydrogen) atoms. The van der Waals surface area contributed by atoms with Crippen LogP contribution < -0.4 is 20.1 Å². The van der Waals surface area contributed by atoms with Crippen molar-refractivity contribution in [3.05, 3.63) is 71.9 Å². The highest BCUT2D eigenvalue weighted by atomic mass is 32.2. The Morgan fingerprint density at radius 2 is 1.86 bits per heavy atom. The zero-order valence-electron chi connectivity index (χ0n) is 18.1. The SMILES string of the molecule is N#Cc1ccccc1NC(=O)COC(=O)c1cccnc1SCC(=O)Nc1ccc2c(c1)OCO2. The first-order valence-electron chi connectivity index (χ1n) is 10.3. The second-order valence-corrected chi connectivity index (χ2v) is 8.01. The van der Waals surface area contributed by atoms with Crippen molar-refractivity contribution in [2.75, 3.05) is 29.8 Å². The van der Waals surface area contributed by atoms with Gasteiger partial charge in [0.1, 0.15) is 11.1 Å². The Bertz CT molecular complexity index is 1320. The fourth-order valence-electron chi connectivity index (χ4n) is 3.05. The van der Waals surface area contributed by atoms with Gasteiger partial charge >= 0.3 is 5.97 Å². The maximum atomic E-state index is 12.6. The number of anilines is 2. The molecule has 2 N–H and O–H groups in total. The lowest BCUT2D eigenvalue weighted by Gasteiger charge is -2.10. The zero-order valence-corrected chi connectivity index (χ0v) is 19.0. The van der Waals surface area contributed by atoms with E-state index >= 15 is 0 Å². The average molecular weight is 490 g/mol. The topological polar surface area (TPSA) is 140 Å². The van der Waals surface area contributed by atoms with E-state index in [1.165, 1.54) is 12.3 Å². The second-order valence-electron chi connectivity index (χ2n) is 7.04. The van der Waals surface area contributed by atoms with Crippen molar-refractivity contribution in [1.82, 2.24) is 4.98 Å². The van der Waals surface area contributed by atoms with Crippen LogP contribution in [0.5, 0.6) is 11.5 Å². The van der Waals surface area contributed by atoms with Crippen LogP contribution in [0.1, 0.15) is 15.9 Å². The maximum Gasteiger partial charge on any atom is 0.341 e. The number of rotatable bonds is 8. The van der Waals surface area contributed by atoms with Gasteiger partial charge in [0.05, 0.1) is 22.6 Å². The smallest absolute Gasteiger partial charge is 0.341 e. The molecule has 0 saturated heterocycles. The summed E-state index contributed by atoms with van der Waals surface area (Å²) in [5.74, 6) is -0.531. The molecule has 11 heteroatoms. The molecule has 0 aliphatic carbocycles. The van der Waals surface area contributed by atoms with Crippen LogP contribution in [0.2, 0.25) is 0 Å². The van der Waals surface area contributed by atoms with Gasteiger partial charge in [0.15, 0.2) is 18.1 Å². The van der Waals surface area contributed by atoms with E-state index in [1.54, 1.807) is 48.5 Å². The summed E-state index contributed by atoms with van der Waals surface area (Å²) in [5.41, 5.74) is 1.28. The van der Waals surface area contributed by atoms with Gasteiger partial charge in [-0.25, -0.2) is 9.78 Å². The number of pyridine rings is 1. The molecule has 0 radical (unpaired) electrons. The van der Waals surface area contributed by atoms with E-state index in [1.807, 2.05) is 6.07 Å². The van der Waals surface area contributed by atoms with Crippen LogP contribution in [0.4, 0.5) is 11.4 Å². The molecule has 2 aromatic carbocycles. The van der Waals surface area contributed by atoms with Crippen LogP contribution in [-0.2, 0) is 14.3 Å². The van der Waals surface area contributed by atoms with Crippen LogP contribution in [-0.4, -0.2) is 41.9 Å². The van der Waals surface area contributed by atoms with E-state index in [-0.39, 0.29) is 34.6 Å². The number of nitrogens with zero attached hydrogens (tertiary/aromatic N) is 2. The van der Waals surface area contributed by atoms with Gasteiger partial charge in [-0.3, -0.25) is 9.59 Å². The molecule has 3 aromatic rings. The minimum atomic E-state index is -0.763. The number of hydrogen-bond donors (Lipinski definition) is 2. The third-order valence-corrected chi connectivity index (χ3v) is 5.65. The van der Waals surface area contributed by atoms with Crippen LogP contribution in [0, 0.1) is 11.3 Å². The Morgan fingerprint density at radius 1 is 1.03 bits per heavy atom. The van der Waals surface area contributed by atoms with Crippen molar-refractivity contribution in [3.63, 3.8) is 0 Å². The number of nitriles is 1. The highest BCUT2D eigenvalue weighted by molar-refractivity contribution is 8.00. The molecule has 2 amide bonds. The molecule has 176 valence electrons.